The molecule has 1 aromatic carbocycles. The van der Waals surface area contributed by atoms with Gasteiger partial charge < -0.3 is 10.1 Å². The van der Waals surface area contributed by atoms with Crippen LogP contribution in [0.4, 0.5) is 10.2 Å². The highest BCUT2D eigenvalue weighted by Gasteiger charge is 2.19. The van der Waals surface area contributed by atoms with Crippen LogP contribution < -0.4 is 5.32 Å². The van der Waals surface area contributed by atoms with Gasteiger partial charge in [0.2, 0.25) is 0 Å². The van der Waals surface area contributed by atoms with Crippen LogP contribution in [0.2, 0.25) is 0 Å². The van der Waals surface area contributed by atoms with Gasteiger partial charge in [0, 0.05) is 18.9 Å². The lowest BCUT2D eigenvalue weighted by atomic mass is 10.2. The monoisotopic (exact) mass is 408 g/mol. The van der Waals surface area contributed by atoms with Crippen LogP contribution in [0.25, 0.3) is 0 Å². The first-order valence-electron chi connectivity index (χ1n) is 7.24. The van der Waals surface area contributed by atoms with Crippen molar-refractivity contribution in [2.45, 2.75) is 13.2 Å². The lowest BCUT2D eigenvalue weighted by Gasteiger charge is -2.03. The number of amides is 1. The smallest absolute Gasteiger partial charge is 0.279 e. The Bertz CT molecular complexity index is 894. The summed E-state index contributed by atoms with van der Waals surface area (Å²) in [6.45, 7) is 0.391. The van der Waals surface area contributed by atoms with Crippen LogP contribution in [-0.4, -0.2) is 38.2 Å². The second kappa shape index (κ2) is 7.53. The topological polar surface area (TPSA) is 97.7 Å². The number of anilines is 1. The molecular weight excluding hydrogens is 395 g/mol. The Hall–Kier alpha value is -2.59. The van der Waals surface area contributed by atoms with Crippen LogP contribution in [0.3, 0.4) is 0 Å². The number of methoxy groups -OCH3 is 1. The highest BCUT2D eigenvalue weighted by atomic mass is 79.9. The van der Waals surface area contributed by atoms with E-state index in [-0.39, 0.29) is 24.7 Å². The Morgan fingerprint density at radius 2 is 2.20 bits per heavy atom. The molecule has 25 heavy (non-hydrogen) atoms. The second-order valence-corrected chi connectivity index (χ2v) is 5.98. The number of hydrogen-bond donors (Lipinski definition) is 2. The van der Waals surface area contributed by atoms with Gasteiger partial charge in [0.25, 0.3) is 5.91 Å². The predicted octanol–water partition coefficient (Wildman–Crippen LogP) is 2.35. The van der Waals surface area contributed by atoms with Crippen molar-refractivity contribution in [3.63, 3.8) is 0 Å². The molecule has 130 valence electrons. The number of aromatic amines is 1. The van der Waals surface area contributed by atoms with E-state index >= 15 is 0 Å². The molecule has 0 aliphatic carbocycles. The van der Waals surface area contributed by atoms with E-state index in [1.807, 2.05) is 0 Å². The summed E-state index contributed by atoms with van der Waals surface area (Å²) >= 11 is 3.33. The largest absolute Gasteiger partial charge is 0.378 e. The van der Waals surface area contributed by atoms with Crippen molar-refractivity contribution in [1.29, 1.82) is 0 Å². The highest BCUT2D eigenvalue weighted by molar-refractivity contribution is 9.10. The van der Waals surface area contributed by atoms with Crippen LogP contribution in [0, 0.1) is 5.82 Å². The van der Waals surface area contributed by atoms with Crippen molar-refractivity contribution in [2.75, 3.05) is 12.4 Å². The van der Waals surface area contributed by atoms with Crippen LogP contribution in [0.15, 0.2) is 34.9 Å². The first-order chi connectivity index (χ1) is 12.1. The lowest BCUT2D eigenvalue weighted by Crippen LogP contribution is -2.16. The Morgan fingerprint density at radius 1 is 1.40 bits per heavy atom. The number of benzene rings is 1. The molecule has 2 heterocycles. The number of halogens is 2. The molecule has 2 aromatic heterocycles. The van der Waals surface area contributed by atoms with Crippen LogP contribution in [-0.2, 0) is 17.9 Å². The zero-order valence-electron chi connectivity index (χ0n) is 13.2. The van der Waals surface area contributed by atoms with Crippen molar-refractivity contribution >= 4 is 27.7 Å². The van der Waals surface area contributed by atoms with Crippen LogP contribution >= 0.6 is 15.9 Å². The zero-order valence-corrected chi connectivity index (χ0v) is 14.7. The maximum Gasteiger partial charge on any atom is 0.279 e. The van der Waals surface area contributed by atoms with Gasteiger partial charge in [-0.3, -0.25) is 9.48 Å². The number of hydrogen-bond acceptors (Lipinski definition) is 5. The number of aromatic nitrogens is 5. The summed E-state index contributed by atoms with van der Waals surface area (Å²) in [7, 11) is 1.50. The maximum atomic E-state index is 13.7. The van der Waals surface area contributed by atoms with E-state index in [0.717, 1.165) is 0 Å². The summed E-state index contributed by atoms with van der Waals surface area (Å²) in [5.74, 6) is -0.489. The van der Waals surface area contributed by atoms with Gasteiger partial charge in [-0.2, -0.15) is 20.5 Å². The standard InChI is InChI=1S/C15H14BrFN6O2/c1-25-8-12-13(20-22-19-12)15(24)18-14-10(16)7-23(21-14)6-9-4-2-3-5-11(9)17/h2-5,7H,6,8H2,1H3,(H,18,21,24)(H,19,20,22). The molecule has 3 aromatic rings. The number of nitrogens with zero attached hydrogens (tertiary/aromatic N) is 4. The Balaban J connectivity index is 1.75. The van der Waals surface area contributed by atoms with E-state index < -0.39 is 5.91 Å². The average molecular weight is 409 g/mol. The Morgan fingerprint density at radius 3 is 2.96 bits per heavy atom. The quantitative estimate of drug-likeness (QED) is 0.652. The van der Waals surface area contributed by atoms with Gasteiger partial charge in [0.05, 0.1) is 17.6 Å². The molecule has 10 heteroatoms. The van der Waals surface area contributed by atoms with Crippen LogP contribution in [0.5, 0.6) is 0 Å². The highest BCUT2D eigenvalue weighted by Crippen LogP contribution is 2.22. The van der Waals surface area contributed by atoms with Crippen molar-refractivity contribution in [3.8, 4) is 0 Å². The predicted molar refractivity (Wildman–Crippen MR) is 90.5 cm³/mol. The normalized spacial score (nSPS) is 10.8. The molecule has 3 rings (SSSR count). The molecule has 0 radical (unpaired) electrons. The number of ether oxygens (including phenoxy) is 1. The van der Waals surface area contributed by atoms with Crippen molar-refractivity contribution in [2.24, 2.45) is 0 Å². The van der Waals surface area contributed by atoms with Crippen LogP contribution in [0.1, 0.15) is 21.7 Å². The molecule has 0 aliphatic rings. The third-order valence-electron chi connectivity index (χ3n) is 3.36. The molecule has 0 atom stereocenters. The van der Waals surface area contributed by atoms with Gasteiger partial charge >= 0.3 is 0 Å². The minimum absolute atomic E-state index is 0.123. The van der Waals surface area contributed by atoms with E-state index in [4.69, 9.17) is 4.74 Å². The Kier molecular flexibility index (Phi) is 5.19. The fourth-order valence-corrected chi connectivity index (χ4v) is 2.62. The van der Waals surface area contributed by atoms with Gasteiger partial charge in [0.1, 0.15) is 11.5 Å². The van der Waals surface area contributed by atoms with Gasteiger partial charge in [-0.15, -0.1) is 0 Å². The number of rotatable bonds is 6. The number of H-pyrrole nitrogens is 1. The van der Waals surface area contributed by atoms with E-state index in [2.05, 4.69) is 41.8 Å². The summed E-state index contributed by atoms with van der Waals surface area (Å²) in [4.78, 5) is 12.3. The van der Waals surface area contributed by atoms with Gasteiger partial charge in [-0.1, -0.05) is 18.2 Å². The first kappa shape index (κ1) is 17.2. The van der Waals surface area contributed by atoms with Gasteiger partial charge in [-0.05, 0) is 22.0 Å². The minimum atomic E-state index is -0.474. The molecule has 0 saturated carbocycles. The number of nitrogens with one attached hydrogen (secondary N) is 2. The third kappa shape index (κ3) is 3.91. The fraction of sp³-hybridized carbons (Fsp3) is 0.200. The molecular formula is C15H14BrFN6O2. The molecule has 0 unspecified atom stereocenters. The molecule has 0 aliphatic heterocycles. The van der Waals surface area contributed by atoms with E-state index in [9.17, 15) is 9.18 Å². The fourth-order valence-electron chi connectivity index (χ4n) is 2.20. The molecule has 1 amide bonds. The zero-order chi connectivity index (χ0) is 17.8. The molecule has 0 spiro atoms. The summed E-state index contributed by atoms with van der Waals surface area (Å²) in [5, 5.41) is 17.0. The van der Waals surface area contributed by atoms with Crippen molar-refractivity contribution in [1.82, 2.24) is 25.2 Å². The van der Waals surface area contributed by atoms with E-state index in [1.54, 1.807) is 24.4 Å². The SMILES string of the molecule is COCc1n[nH]nc1C(=O)Nc1nn(Cc2ccccc2F)cc1Br. The minimum Gasteiger partial charge on any atom is -0.378 e. The summed E-state index contributed by atoms with van der Waals surface area (Å²) in [6, 6.07) is 6.44. The van der Waals surface area contributed by atoms with Crippen molar-refractivity contribution < 1.29 is 13.9 Å². The van der Waals surface area contributed by atoms with Gasteiger partial charge in [0.15, 0.2) is 11.5 Å². The van der Waals surface area contributed by atoms with E-state index in [0.29, 0.717) is 21.5 Å². The van der Waals surface area contributed by atoms with E-state index in [1.165, 1.54) is 17.9 Å². The summed E-state index contributed by atoms with van der Waals surface area (Å²) in [5.41, 5.74) is 1.01. The Labute approximate surface area is 150 Å². The second-order valence-electron chi connectivity index (χ2n) is 5.12. The molecule has 8 nitrogen and oxygen atoms in total. The summed E-state index contributed by atoms with van der Waals surface area (Å²) in [6.07, 6.45) is 1.65. The first-order valence-corrected chi connectivity index (χ1v) is 8.04. The molecule has 0 bridgehead atoms. The lowest BCUT2D eigenvalue weighted by molar-refractivity contribution is 0.101. The molecule has 0 saturated heterocycles. The number of carbonyl (C=O) groups is 1. The maximum absolute atomic E-state index is 13.7. The number of carbonyl (C=O) groups excluding carboxylic acids is 1. The summed E-state index contributed by atoms with van der Waals surface area (Å²) < 4.78 is 20.8. The molecule has 0 fully saturated rings. The van der Waals surface area contributed by atoms with Crippen molar-refractivity contribution in [3.05, 3.63) is 57.7 Å². The van der Waals surface area contributed by atoms with Gasteiger partial charge in [-0.25, -0.2) is 4.39 Å². The average Bonchev–Trinajstić information content (AvgIpc) is 3.17. The molecule has 2 N–H and O–H groups in total. The third-order valence-corrected chi connectivity index (χ3v) is 3.94.